The van der Waals surface area contributed by atoms with Crippen LogP contribution >= 0.6 is 0 Å². The SMILES string of the molecule is COCCNC(=O)CN1CCN(C(=O)C=Cc2cc(C)n(-c3ccccc3)c2C)CC1. The van der Waals surface area contributed by atoms with Crippen molar-refractivity contribution in [3.05, 3.63) is 59.4 Å². The summed E-state index contributed by atoms with van der Waals surface area (Å²) in [7, 11) is 1.61. The molecule has 31 heavy (non-hydrogen) atoms. The number of nitrogens with one attached hydrogen (secondary N) is 1. The molecule has 1 N–H and O–H groups in total. The average Bonchev–Trinajstić information content (AvgIpc) is 3.06. The number of nitrogens with zero attached hydrogens (tertiary/aromatic N) is 3. The Kier molecular flexibility index (Phi) is 8.03. The van der Waals surface area contributed by atoms with Crippen molar-refractivity contribution in [1.29, 1.82) is 0 Å². The predicted octanol–water partition coefficient (Wildman–Crippen LogP) is 2.01. The zero-order chi connectivity index (χ0) is 22.2. The first-order valence-electron chi connectivity index (χ1n) is 10.7. The molecule has 0 spiro atoms. The van der Waals surface area contributed by atoms with E-state index in [1.807, 2.05) is 29.2 Å². The van der Waals surface area contributed by atoms with Crippen LogP contribution in [0.15, 0.2) is 42.5 Å². The second kappa shape index (κ2) is 10.9. The molecule has 1 saturated heterocycles. The van der Waals surface area contributed by atoms with E-state index in [9.17, 15) is 9.59 Å². The molecule has 1 aromatic carbocycles. The Balaban J connectivity index is 1.53. The van der Waals surface area contributed by atoms with Gasteiger partial charge in [-0.25, -0.2) is 0 Å². The van der Waals surface area contributed by atoms with Crippen LogP contribution in [0.4, 0.5) is 0 Å². The molecular weight excluding hydrogens is 392 g/mol. The highest BCUT2D eigenvalue weighted by Gasteiger charge is 2.21. The molecule has 7 heteroatoms. The maximum absolute atomic E-state index is 12.7. The van der Waals surface area contributed by atoms with E-state index < -0.39 is 0 Å². The fourth-order valence-electron chi connectivity index (χ4n) is 3.88. The lowest BCUT2D eigenvalue weighted by Crippen LogP contribution is -2.51. The molecule has 0 atom stereocenters. The molecule has 2 aromatic rings. The smallest absolute Gasteiger partial charge is 0.246 e. The molecule has 2 amide bonds. The van der Waals surface area contributed by atoms with Gasteiger partial charge in [0.25, 0.3) is 0 Å². The van der Waals surface area contributed by atoms with E-state index in [-0.39, 0.29) is 11.8 Å². The third-order valence-electron chi connectivity index (χ3n) is 5.57. The van der Waals surface area contributed by atoms with E-state index >= 15 is 0 Å². The Hall–Kier alpha value is -2.90. The highest BCUT2D eigenvalue weighted by atomic mass is 16.5. The van der Waals surface area contributed by atoms with Crippen molar-refractivity contribution in [2.75, 3.05) is 53.0 Å². The van der Waals surface area contributed by atoms with Gasteiger partial charge in [0.2, 0.25) is 11.8 Å². The summed E-state index contributed by atoms with van der Waals surface area (Å²) in [5, 5.41) is 2.83. The second-order valence-electron chi connectivity index (χ2n) is 7.77. The number of benzene rings is 1. The summed E-state index contributed by atoms with van der Waals surface area (Å²) in [6.45, 7) is 8.16. The molecule has 1 aliphatic rings. The summed E-state index contributed by atoms with van der Waals surface area (Å²) in [6.07, 6.45) is 3.56. The number of ether oxygens (including phenoxy) is 1. The fourth-order valence-corrected chi connectivity index (χ4v) is 3.88. The summed E-state index contributed by atoms with van der Waals surface area (Å²) < 4.78 is 7.13. The average molecular weight is 425 g/mol. The van der Waals surface area contributed by atoms with Gasteiger partial charge in [0.15, 0.2) is 0 Å². The van der Waals surface area contributed by atoms with Crippen molar-refractivity contribution in [2.45, 2.75) is 13.8 Å². The van der Waals surface area contributed by atoms with Gasteiger partial charge in [-0.3, -0.25) is 14.5 Å². The van der Waals surface area contributed by atoms with Crippen LogP contribution in [-0.4, -0.2) is 79.2 Å². The van der Waals surface area contributed by atoms with Gasteiger partial charge in [0.1, 0.15) is 0 Å². The zero-order valence-corrected chi connectivity index (χ0v) is 18.6. The number of carbonyl (C=O) groups is 2. The molecule has 0 saturated carbocycles. The summed E-state index contributed by atoms with van der Waals surface area (Å²) in [6, 6.07) is 12.3. The minimum absolute atomic E-state index is 0.00807. The molecule has 7 nitrogen and oxygen atoms in total. The minimum atomic E-state index is -0.00880. The Bertz CT molecular complexity index is 912. The molecular formula is C24H32N4O3. The number of hydrogen-bond acceptors (Lipinski definition) is 4. The quantitative estimate of drug-likeness (QED) is 0.520. The van der Waals surface area contributed by atoms with Crippen LogP contribution in [0, 0.1) is 13.8 Å². The number of amides is 2. The van der Waals surface area contributed by atoms with Crippen LogP contribution in [0.2, 0.25) is 0 Å². The lowest BCUT2D eigenvalue weighted by Gasteiger charge is -2.33. The van der Waals surface area contributed by atoms with Crippen molar-refractivity contribution in [1.82, 2.24) is 19.7 Å². The monoisotopic (exact) mass is 424 g/mol. The van der Waals surface area contributed by atoms with Gasteiger partial charge in [-0.05, 0) is 43.7 Å². The molecule has 1 aromatic heterocycles. The van der Waals surface area contributed by atoms with E-state index in [0.717, 1.165) is 22.6 Å². The van der Waals surface area contributed by atoms with Crippen molar-refractivity contribution in [3.63, 3.8) is 0 Å². The van der Waals surface area contributed by atoms with Gasteiger partial charge in [0.05, 0.1) is 13.2 Å². The second-order valence-corrected chi connectivity index (χ2v) is 7.77. The first-order chi connectivity index (χ1) is 15.0. The third kappa shape index (κ3) is 6.06. The number of aromatic nitrogens is 1. The molecule has 0 aliphatic carbocycles. The zero-order valence-electron chi connectivity index (χ0n) is 18.6. The largest absolute Gasteiger partial charge is 0.383 e. The lowest BCUT2D eigenvalue weighted by molar-refractivity contribution is -0.128. The molecule has 0 unspecified atom stereocenters. The highest BCUT2D eigenvalue weighted by molar-refractivity contribution is 5.92. The van der Waals surface area contributed by atoms with Crippen molar-refractivity contribution >= 4 is 17.9 Å². The maximum Gasteiger partial charge on any atom is 0.246 e. The van der Waals surface area contributed by atoms with Crippen molar-refractivity contribution in [3.8, 4) is 5.69 Å². The van der Waals surface area contributed by atoms with Crippen LogP contribution < -0.4 is 5.32 Å². The third-order valence-corrected chi connectivity index (χ3v) is 5.57. The minimum Gasteiger partial charge on any atom is -0.383 e. The van der Waals surface area contributed by atoms with Gasteiger partial charge < -0.3 is 19.5 Å². The summed E-state index contributed by atoms with van der Waals surface area (Å²) >= 11 is 0. The summed E-state index contributed by atoms with van der Waals surface area (Å²) in [4.78, 5) is 28.5. The molecule has 166 valence electrons. The Morgan fingerprint density at radius 2 is 1.81 bits per heavy atom. The normalized spacial score (nSPS) is 14.9. The van der Waals surface area contributed by atoms with Gasteiger partial charge in [-0.15, -0.1) is 0 Å². The molecule has 3 rings (SSSR count). The number of rotatable bonds is 8. The van der Waals surface area contributed by atoms with E-state index in [4.69, 9.17) is 4.74 Å². The van der Waals surface area contributed by atoms with E-state index in [1.165, 1.54) is 0 Å². The first kappa shape index (κ1) is 22.8. The van der Waals surface area contributed by atoms with E-state index in [2.05, 4.69) is 46.8 Å². The number of methoxy groups -OCH3 is 1. The van der Waals surface area contributed by atoms with Crippen LogP contribution in [0.25, 0.3) is 11.8 Å². The van der Waals surface area contributed by atoms with E-state index in [1.54, 1.807) is 13.2 Å². The number of hydrogen-bond donors (Lipinski definition) is 1. The number of carbonyl (C=O) groups excluding carboxylic acids is 2. The topological polar surface area (TPSA) is 66.8 Å². The molecule has 0 radical (unpaired) electrons. The first-order valence-corrected chi connectivity index (χ1v) is 10.7. The standard InChI is InChI=1S/C24H32N4O3/c1-19-17-21(20(2)28(19)22-7-5-4-6-8-22)9-10-24(30)27-14-12-26(13-15-27)18-23(29)25-11-16-31-3/h4-10,17H,11-16,18H2,1-3H3,(H,25,29). The summed E-state index contributed by atoms with van der Waals surface area (Å²) in [5.41, 5.74) is 4.40. The van der Waals surface area contributed by atoms with Crippen LogP contribution in [-0.2, 0) is 14.3 Å². The van der Waals surface area contributed by atoms with Gasteiger partial charge in [-0.2, -0.15) is 0 Å². The Morgan fingerprint density at radius 1 is 1.10 bits per heavy atom. The Labute approximate surface area is 184 Å². The molecule has 1 fully saturated rings. The van der Waals surface area contributed by atoms with Crippen LogP contribution in [0.5, 0.6) is 0 Å². The van der Waals surface area contributed by atoms with Gasteiger partial charge in [0, 0.05) is 63.0 Å². The fraction of sp³-hybridized carbons (Fsp3) is 0.417. The van der Waals surface area contributed by atoms with Crippen molar-refractivity contribution < 1.29 is 14.3 Å². The lowest BCUT2D eigenvalue weighted by atomic mass is 10.2. The van der Waals surface area contributed by atoms with E-state index in [0.29, 0.717) is 45.9 Å². The van der Waals surface area contributed by atoms with Crippen LogP contribution in [0.3, 0.4) is 0 Å². The van der Waals surface area contributed by atoms with Crippen LogP contribution in [0.1, 0.15) is 17.0 Å². The van der Waals surface area contributed by atoms with Gasteiger partial charge >= 0.3 is 0 Å². The highest BCUT2D eigenvalue weighted by Crippen LogP contribution is 2.21. The van der Waals surface area contributed by atoms with Gasteiger partial charge in [-0.1, -0.05) is 18.2 Å². The maximum atomic E-state index is 12.7. The Morgan fingerprint density at radius 3 is 2.48 bits per heavy atom. The number of aryl methyl sites for hydroxylation is 1. The summed E-state index contributed by atoms with van der Waals surface area (Å²) in [5.74, 6) is -0.000735. The molecule has 0 bridgehead atoms. The molecule has 1 aliphatic heterocycles. The predicted molar refractivity (Wildman–Crippen MR) is 122 cm³/mol. The van der Waals surface area contributed by atoms with Crippen molar-refractivity contribution in [2.24, 2.45) is 0 Å². The molecule has 2 heterocycles. The number of piperazine rings is 1. The number of para-hydroxylation sites is 1.